The Morgan fingerprint density at radius 2 is 1.43 bits per heavy atom. The number of hydrogen-bond acceptors (Lipinski definition) is 2. The quantitative estimate of drug-likeness (QED) is 0.668. The maximum absolute atomic E-state index is 12.2. The monoisotopic (exact) mass is 273 g/mol. The molecule has 3 aromatic rings. The fourth-order valence-corrected chi connectivity index (χ4v) is 2.25. The van der Waals surface area contributed by atoms with Crippen molar-refractivity contribution in [3.8, 4) is 11.1 Å². The maximum atomic E-state index is 12.2. The molecular weight excluding hydrogens is 258 g/mol. The molecule has 1 aromatic heterocycles. The van der Waals surface area contributed by atoms with E-state index in [-0.39, 0.29) is 5.78 Å². The summed E-state index contributed by atoms with van der Waals surface area (Å²) < 4.78 is 0. The van der Waals surface area contributed by atoms with Gasteiger partial charge in [0.15, 0.2) is 5.78 Å². The van der Waals surface area contributed by atoms with Crippen LogP contribution in [0, 0.1) is 0 Å². The number of rotatable bonds is 4. The topological polar surface area (TPSA) is 30.0 Å². The van der Waals surface area contributed by atoms with Gasteiger partial charge in [-0.3, -0.25) is 9.78 Å². The van der Waals surface area contributed by atoms with E-state index >= 15 is 0 Å². The number of carbonyl (C=O) groups excluding carboxylic acids is 1. The van der Waals surface area contributed by atoms with Gasteiger partial charge in [-0.25, -0.2) is 0 Å². The van der Waals surface area contributed by atoms with Crippen molar-refractivity contribution in [3.63, 3.8) is 0 Å². The lowest BCUT2D eigenvalue weighted by Gasteiger charge is -2.04. The highest BCUT2D eigenvalue weighted by Gasteiger charge is 2.08. The van der Waals surface area contributed by atoms with Crippen LogP contribution in [0.1, 0.15) is 16.1 Å². The standard InChI is InChI=1S/C19H15NO/c21-19(14-18-8-4-5-13-20-18)17-11-9-16(10-12-17)15-6-2-1-3-7-15/h1-13H,14H2. The molecule has 0 saturated heterocycles. The minimum absolute atomic E-state index is 0.0910. The molecule has 2 nitrogen and oxygen atoms in total. The predicted octanol–water partition coefficient (Wildman–Crippen LogP) is 4.17. The van der Waals surface area contributed by atoms with Gasteiger partial charge in [0.25, 0.3) is 0 Å². The van der Waals surface area contributed by atoms with Gasteiger partial charge in [-0.2, -0.15) is 0 Å². The second-order valence-corrected chi connectivity index (χ2v) is 4.86. The summed E-state index contributed by atoms with van der Waals surface area (Å²) in [6.45, 7) is 0. The molecule has 1 heterocycles. The number of nitrogens with zero attached hydrogens (tertiary/aromatic N) is 1. The zero-order valence-corrected chi connectivity index (χ0v) is 11.6. The molecule has 0 unspecified atom stereocenters. The van der Waals surface area contributed by atoms with Crippen LogP contribution in [0.2, 0.25) is 0 Å². The Kier molecular flexibility index (Phi) is 3.88. The van der Waals surface area contributed by atoms with Crippen molar-refractivity contribution in [2.45, 2.75) is 6.42 Å². The van der Waals surface area contributed by atoms with E-state index in [4.69, 9.17) is 0 Å². The Morgan fingerprint density at radius 3 is 2.10 bits per heavy atom. The van der Waals surface area contributed by atoms with Crippen LogP contribution in [-0.4, -0.2) is 10.8 Å². The smallest absolute Gasteiger partial charge is 0.168 e. The third-order valence-corrected chi connectivity index (χ3v) is 3.38. The van der Waals surface area contributed by atoms with Gasteiger partial charge >= 0.3 is 0 Å². The van der Waals surface area contributed by atoms with E-state index in [0.29, 0.717) is 6.42 Å². The maximum Gasteiger partial charge on any atom is 0.168 e. The number of pyridine rings is 1. The largest absolute Gasteiger partial charge is 0.294 e. The lowest BCUT2D eigenvalue weighted by atomic mass is 10.0. The molecule has 0 radical (unpaired) electrons. The molecule has 0 aliphatic carbocycles. The van der Waals surface area contributed by atoms with Crippen molar-refractivity contribution in [1.82, 2.24) is 4.98 Å². The molecule has 0 fully saturated rings. The van der Waals surface area contributed by atoms with E-state index in [0.717, 1.165) is 22.4 Å². The summed E-state index contributed by atoms with van der Waals surface area (Å²) in [5.41, 5.74) is 3.79. The highest BCUT2D eigenvalue weighted by molar-refractivity contribution is 5.97. The fourth-order valence-electron chi connectivity index (χ4n) is 2.25. The number of ketones is 1. The first kappa shape index (κ1) is 13.3. The summed E-state index contributed by atoms with van der Waals surface area (Å²) in [6, 6.07) is 23.5. The minimum atomic E-state index is 0.0910. The van der Waals surface area contributed by atoms with Gasteiger partial charge < -0.3 is 0 Å². The molecule has 0 aliphatic heterocycles. The van der Waals surface area contributed by atoms with Crippen LogP contribution in [0.5, 0.6) is 0 Å². The lowest BCUT2D eigenvalue weighted by molar-refractivity contribution is 0.0992. The van der Waals surface area contributed by atoms with E-state index in [9.17, 15) is 4.79 Å². The fraction of sp³-hybridized carbons (Fsp3) is 0.0526. The van der Waals surface area contributed by atoms with Gasteiger partial charge in [-0.1, -0.05) is 60.7 Å². The van der Waals surface area contributed by atoms with Crippen LogP contribution in [0.4, 0.5) is 0 Å². The third-order valence-electron chi connectivity index (χ3n) is 3.38. The van der Waals surface area contributed by atoms with Crippen molar-refractivity contribution >= 4 is 5.78 Å². The average Bonchev–Trinajstić information content (AvgIpc) is 2.57. The van der Waals surface area contributed by atoms with E-state index in [2.05, 4.69) is 17.1 Å². The molecule has 0 bridgehead atoms. The molecule has 21 heavy (non-hydrogen) atoms. The van der Waals surface area contributed by atoms with Crippen molar-refractivity contribution in [1.29, 1.82) is 0 Å². The molecular formula is C19H15NO. The zero-order chi connectivity index (χ0) is 14.5. The summed E-state index contributed by atoms with van der Waals surface area (Å²) in [4.78, 5) is 16.4. The van der Waals surface area contributed by atoms with Gasteiger partial charge in [0.2, 0.25) is 0 Å². The zero-order valence-electron chi connectivity index (χ0n) is 11.6. The van der Waals surface area contributed by atoms with Crippen LogP contribution in [-0.2, 0) is 6.42 Å². The van der Waals surface area contributed by atoms with E-state index in [1.807, 2.05) is 60.7 Å². The number of Topliss-reactive ketones (excluding diaryl/α,β-unsaturated/α-hetero) is 1. The third kappa shape index (κ3) is 3.23. The summed E-state index contributed by atoms with van der Waals surface area (Å²) in [7, 11) is 0. The molecule has 0 aliphatic rings. The molecule has 102 valence electrons. The Hall–Kier alpha value is -2.74. The Labute approximate surface area is 124 Å². The first-order valence-electron chi connectivity index (χ1n) is 6.91. The molecule has 0 saturated carbocycles. The highest BCUT2D eigenvalue weighted by atomic mass is 16.1. The molecule has 2 aromatic carbocycles. The van der Waals surface area contributed by atoms with Crippen LogP contribution in [0.3, 0.4) is 0 Å². The van der Waals surface area contributed by atoms with Crippen molar-refractivity contribution in [3.05, 3.63) is 90.3 Å². The van der Waals surface area contributed by atoms with Gasteiger partial charge in [0, 0.05) is 17.5 Å². The molecule has 0 spiro atoms. The van der Waals surface area contributed by atoms with Gasteiger partial charge in [0.05, 0.1) is 6.42 Å². The first-order chi connectivity index (χ1) is 10.3. The average molecular weight is 273 g/mol. The molecule has 2 heteroatoms. The van der Waals surface area contributed by atoms with Crippen molar-refractivity contribution < 1.29 is 4.79 Å². The summed E-state index contributed by atoms with van der Waals surface area (Å²) in [5, 5.41) is 0. The van der Waals surface area contributed by atoms with Gasteiger partial charge in [-0.15, -0.1) is 0 Å². The number of aromatic nitrogens is 1. The van der Waals surface area contributed by atoms with Crippen LogP contribution in [0.15, 0.2) is 79.0 Å². The molecule has 3 rings (SSSR count). The van der Waals surface area contributed by atoms with Crippen LogP contribution < -0.4 is 0 Å². The van der Waals surface area contributed by atoms with E-state index < -0.39 is 0 Å². The molecule has 0 amide bonds. The van der Waals surface area contributed by atoms with Crippen molar-refractivity contribution in [2.75, 3.05) is 0 Å². The summed E-state index contributed by atoms with van der Waals surface area (Å²) >= 11 is 0. The Bertz CT molecular complexity index is 719. The molecule has 0 N–H and O–H groups in total. The number of hydrogen-bond donors (Lipinski definition) is 0. The van der Waals surface area contributed by atoms with E-state index in [1.165, 1.54) is 0 Å². The number of benzene rings is 2. The Balaban J connectivity index is 1.77. The van der Waals surface area contributed by atoms with Gasteiger partial charge in [0.1, 0.15) is 0 Å². The van der Waals surface area contributed by atoms with Gasteiger partial charge in [-0.05, 0) is 23.3 Å². The lowest BCUT2D eigenvalue weighted by Crippen LogP contribution is -2.04. The second kappa shape index (κ2) is 6.14. The van der Waals surface area contributed by atoms with E-state index in [1.54, 1.807) is 6.20 Å². The minimum Gasteiger partial charge on any atom is -0.294 e. The second-order valence-electron chi connectivity index (χ2n) is 4.86. The predicted molar refractivity (Wildman–Crippen MR) is 84.1 cm³/mol. The number of carbonyl (C=O) groups is 1. The Morgan fingerprint density at radius 1 is 0.762 bits per heavy atom. The van der Waals surface area contributed by atoms with Crippen molar-refractivity contribution in [2.24, 2.45) is 0 Å². The highest BCUT2D eigenvalue weighted by Crippen LogP contribution is 2.19. The van der Waals surface area contributed by atoms with Crippen LogP contribution in [0.25, 0.3) is 11.1 Å². The first-order valence-corrected chi connectivity index (χ1v) is 6.91. The SMILES string of the molecule is O=C(Cc1ccccn1)c1ccc(-c2ccccc2)cc1. The van der Waals surface area contributed by atoms with Crippen LogP contribution >= 0.6 is 0 Å². The molecule has 0 atom stereocenters. The normalized spacial score (nSPS) is 10.3. The summed E-state index contributed by atoms with van der Waals surface area (Å²) in [6.07, 6.45) is 2.05. The summed E-state index contributed by atoms with van der Waals surface area (Å²) in [5.74, 6) is 0.0910.